The number of fused-ring (bicyclic) bond motifs is 5. The van der Waals surface area contributed by atoms with E-state index in [4.69, 9.17) is 0 Å². The zero-order valence-corrected chi connectivity index (χ0v) is 13.6. The van der Waals surface area contributed by atoms with Gasteiger partial charge in [-0.05, 0) is 18.6 Å². The highest BCUT2D eigenvalue weighted by atomic mass is 32.1. The number of benzene rings is 2. The molecule has 3 aromatic rings. The molecule has 5 rings (SSSR count). The van der Waals surface area contributed by atoms with Gasteiger partial charge in [0.25, 0.3) is 11.8 Å². The summed E-state index contributed by atoms with van der Waals surface area (Å²) in [6.07, 6.45) is 0. The Hall–Kier alpha value is -2.86. The largest absolute Gasteiger partial charge is 0.349 e. The lowest BCUT2D eigenvalue weighted by molar-refractivity contribution is -0.120. The Bertz CT molecular complexity index is 1060. The summed E-state index contributed by atoms with van der Waals surface area (Å²) < 4.78 is 1.02. The SMILES string of the molecule is Cc1cccc2c1NC(=O)[C@]21NC(=O)c2sc3ccccc3c2N1. The first-order valence-electron chi connectivity index (χ1n) is 7.64. The number of rotatable bonds is 0. The van der Waals surface area contributed by atoms with E-state index in [1.165, 1.54) is 11.3 Å². The zero-order chi connectivity index (χ0) is 16.5. The fourth-order valence-electron chi connectivity index (χ4n) is 3.50. The van der Waals surface area contributed by atoms with Gasteiger partial charge in [0, 0.05) is 15.6 Å². The van der Waals surface area contributed by atoms with Crippen molar-refractivity contribution in [2.45, 2.75) is 12.6 Å². The lowest BCUT2D eigenvalue weighted by atomic mass is 9.96. The molecule has 6 heteroatoms. The van der Waals surface area contributed by atoms with Crippen LogP contribution in [0.3, 0.4) is 0 Å². The predicted molar refractivity (Wildman–Crippen MR) is 94.4 cm³/mol. The molecule has 3 heterocycles. The Morgan fingerprint density at radius 3 is 2.67 bits per heavy atom. The van der Waals surface area contributed by atoms with Gasteiger partial charge in [0.15, 0.2) is 0 Å². The molecule has 0 saturated heterocycles. The Labute approximate surface area is 141 Å². The van der Waals surface area contributed by atoms with Crippen LogP contribution < -0.4 is 16.0 Å². The second-order valence-corrected chi connectivity index (χ2v) is 7.14. The van der Waals surface area contributed by atoms with Crippen molar-refractivity contribution >= 4 is 44.6 Å². The summed E-state index contributed by atoms with van der Waals surface area (Å²) in [6.45, 7) is 1.94. The lowest BCUT2D eigenvalue weighted by Gasteiger charge is -2.34. The van der Waals surface area contributed by atoms with Gasteiger partial charge in [-0.1, -0.05) is 36.4 Å². The third-order valence-electron chi connectivity index (χ3n) is 4.67. The van der Waals surface area contributed by atoms with Crippen molar-refractivity contribution < 1.29 is 9.59 Å². The van der Waals surface area contributed by atoms with Gasteiger partial charge in [0.05, 0.1) is 11.4 Å². The number of nitrogens with one attached hydrogen (secondary N) is 3. The van der Waals surface area contributed by atoms with Crippen molar-refractivity contribution in [3.63, 3.8) is 0 Å². The van der Waals surface area contributed by atoms with Gasteiger partial charge in [0.1, 0.15) is 4.88 Å². The normalized spacial score (nSPS) is 21.2. The molecule has 2 aromatic carbocycles. The summed E-state index contributed by atoms with van der Waals surface area (Å²) in [5.41, 5.74) is 1.95. The van der Waals surface area contributed by atoms with Gasteiger partial charge in [-0.2, -0.15) is 0 Å². The number of amides is 2. The van der Waals surface area contributed by atoms with E-state index in [1.807, 2.05) is 49.4 Å². The third kappa shape index (κ3) is 1.53. The van der Waals surface area contributed by atoms with Crippen molar-refractivity contribution in [3.05, 3.63) is 58.5 Å². The van der Waals surface area contributed by atoms with Crippen molar-refractivity contribution in [3.8, 4) is 0 Å². The van der Waals surface area contributed by atoms with Crippen LogP contribution in [0.1, 0.15) is 20.8 Å². The Morgan fingerprint density at radius 2 is 1.79 bits per heavy atom. The smallest absolute Gasteiger partial charge is 0.275 e. The van der Waals surface area contributed by atoms with E-state index in [0.29, 0.717) is 4.88 Å². The highest BCUT2D eigenvalue weighted by molar-refractivity contribution is 7.21. The monoisotopic (exact) mass is 335 g/mol. The molecule has 2 amide bonds. The Morgan fingerprint density at radius 1 is 0.958 bits per heavy atom. The molecule has 24 heavy (non-hydrogen) atoms. The minimum absolute atomic E-state index is 0.227. The summed E-state index contributed by atoms with van der Waals surface area (Å²) in [5, 5.41) is 10.1. The highest BCUT2D eigenvalue weighted by Gasteiger charge is 2.52. The van der Waals surface area contributed by atoms with Crippen LogP contribution >= 0.6 is 11.3 Å². The van der Waals surface area contributed by atoms with Crippen LogP contribution in [0.4, 0.5) is 11.4 Å². The minimum atomic E-state index is -1.25. The van der Waals surface area contributed by atoms with Crippen LogP contribution in [0.15, 0.2) is 42.5 Å². The highest BCUT2D eigenvalue weighted by Crippen LogP contribution is 2.45. The second kappa shape index (κ2) is 4.36. The van der Waals surface area contributed by atoms with Gasteiger partial charge in [-0.25, -0.2) is 0 Å². The minimum Gasteiger partial charge on any atom is -0.349 e. The van der Waals surface area contributed by atoms with Crippen molar-refractivity contribution in [1.82, 2.24) is 5.32 Å². The molecule has 0 aliphatic carbocycles. The molecule has 0 radical (unpaired) electrons. The first-order chi connectivity index (χ1) is 11.6. The fourth-order valence-corrected chi connectivity index (χ4v) is 4.55. The molecule has 118 valence electrons. The summed E-state index contributed by atoms with van der Waals surface area (Å²) >= 11 is 1.43. The maximum atomic E-state index is 12.8. The maximum absolute atomic E-state index is 12.8. The average molecular weight is 335 g/mol. The number of carbonyl (C=O) groups is 2. The summed E-state index contributed by atoms with van der Waals surface area (Å²) in [5.74, 6) is -0.490. The first-order valence-corrected chi connectivity index (χ1v) is 8.45. The number of hydrogen-bond donors (Lipinski definition) is 3. The maximum Gasteiger partial charge on any atom is 0.275 e. The van der Waals surface area contributed by atoms with Crippen LogP contribution in [-0.2, 0) is 10.5 Å². The second-order valence-electron chi connectivity index (χ2n) is 6.08. The van der Waals surface area contributed by atoms with E-state index >= 15 is 0 Å². The first kappa shape index (κ1) is 13.6. The molecule has 0 saturated carbocycles. The molecule has 3 N–H and O–H groups in total. The molecule has 0 fully saturated rings. The molecule has 0 bridgehead atoms. The van der Waals surface area contributed by atoms with E-state index in [2.05, 4.69) is 16.0 Å². The molecule has 5 nitrogen and oxygen atoms in total. The molecule has 1 spiro atoms. The average Bonchev–Trinajstić information content (AvgIpc) is 3.07. The van der Waals surface area contributed by atoms with Gasteiger partial charge in [-0.3, -0.25) is 9.59 Å². The zero-order valence-electron chi connectivity index (χ0n) is 12.8. The van der Waals surface area contributed by atoms with Crippen LogP contribution in [0.25, 0.3) is 10.1 Å². The molecular weight excluding hydrogens is 322 g/mol. The summed E-state index contributed by atoms with van der Waals surface area (Å²) in [6, 6.07) is 13.5. The molecule has 1 aromatic heterocycles. The van der Waals surface area contributed by atoms with Crippen LogP contribution in [0, 0.1) is 6.92 Å². The molecular formula is C18H13N3O2S. The van der Waals surface area contributed by atoms with Crippen molar-refractivity contribution in [1.29, 1.82) is 0 Å². The van der Waals surface area contributed by atoms with Gasteiger partial charge < -0.3 is 16.0 Å². The van der Waals surface area contributed by atoms with E-state index in [-0.39, 0.29) is 11.8 Å². The number of hydrogen-bond acceptors (Lipinski definition) is 4. The lowest BCUT2D eigenvalue weighted by Crippen LogP contribution is -2.58. The van der Waals surface area contributed by atoms with E-state index in [0.717, 1.165) is 32.6 Å². The van der Waals surface area contributed by atoms with Gasteiger partial charge in [0.2, 0.25) is 5.66 Å². The number of thiophene rings is 1. The molecule has 2 aliphatic heterocycles. The van der Waals surface area contributed by atoms with Crippen LogP contribution in [0.5, 0.6) is 0 Å². The van der Waals surface area contributed by atoms with Crippen LogP contribution in [-0.4, -0.2) is 11.8 Å². The predicted octanol–water partition coefficient (Wildman–Crippen LogP) is 3.17. The molecule has 0 unspecified atom stereocenters. The number of aryl methyl sites for hydroxylation is 1. The Balaban J connectivity index is 1.77. The van der Waals surface area contributed by atoms with Crippen LogP contribution in [0.2, 0.25) is 0 Å². The van der Waals surface area contributed by atoms with Crippen molar-refractivity contribution in [2.75, 3.05) is 10.6 Å². The van der Waals surface area contributed by atoms with E-state index < -0.39 is 5.66 Å². The summed E-state index contributed by atoms with van der Waals surface area (Å²) in [4.78, 5) is 26.1. The third-order valence-corrected chi connectivity index (χ3v) is 5.84. The standard InChI is InChI=1S/C18H13N3O2S/c1-9-5-4-7-11-13(9)19-17(23)18(11)20-14-10-6-2-3-8-12(10)24-15(14)16(22)21-18/h2-8,20H,1H3,(H,19,23)(H,21,22)/t18-/m1/s1. The number of para-hydroxylation sites is 1. The van der Waals surface area contributed by atoms with Gasteiger partial charge >= 0.3 is 0 Å². The number of carbonyl (C=O) groups excluding carboxylic acids is 2. The number of anilines is 2. The topological polar surface area (TPSA) is 70.2 Å². The van der Waals surface area contributed by atoms with E-state index in [9.17, 15) is 9.59 Å². The van der Waals surface area contributed by atoms with Gasteiger partial charge in [-0.15, -0.1) is 11.3 Å². The van der Waals surface area contributed by atoms with Crippen molar-refractivity contribution in [2.24, 2.45) is 0 Å². The quantitative estimate of drug-likeness (QED) is 0.591. The van der Waals surface area contributed by atoms with E-state index in [1.54, 1.807) is 0 Å². The molecule has 1 atom stereocenters. The Kier molecular flexibility index (Phi) is 2.46. The summed E-state index contributed by atoms with van der Waals surface area (Å²) in [7, 11) is 0. The molecule has 2 aliphatic rings. The fraction of sp³-hybridized carbons (Fsp3) is 0.111.